The first-order valence-corrected chi connectivity index (χ1v) is 7.67. The van der Waals surface area contributed by atoms with Gasteiger partial charge >= 0.3 is 0 Å². The molecule has 2 heterocycles. The molecule has 0 atom stereocenters. The number of ether oxygens (including phenoxy) is 1. The van der Waals surface area contributed by atoms with Crippen LogP contribution in [0.25, 0.3) is 11.0 Å². The molecule has 0 aliphatic carbocycles. The molecule has 0 spiro atoms. The summed E-state index contributed by atoms with van der Waals surface area (Å²) in [7, 11) is 1.59. The second-order valence-corrected chi connectivity index (χ2v) is 5.71. The van der Waals surface area contributed by atoms with E-state index in [0.717, 1.165) is 22.4 Å². The zero-order valence-electron chi connectivity index (χ0n) is 12.3. The Balaban J connectivity index is 1.94. The predicted octanol–water partition coefficient (Wildman–Crippen LogP) is 3.25. The monoisotopic (exact) mass is 317 g/mol. The van der Waals surface area contributed by atoms with Gasteiger partial charge in [0.25, 0.3) is 5.91 Å². The first-order valence-electron chi connectivity index (χ1n) is 6.86. The van der Waals surface area contributed by atoms with Gasteiger partial charge in [0.15, 0.2) is 5.76 Å². The van der Waals surface area contributed by atoms with Crippen molar-refractivity contribution in [2.24, 2.45) is 0 Å². The van der Waals surface area contributed by atoms with E-state index in [-0.39, 0.29) is 11.7 Å². The third-order valence-corrected chi connectivity index (χ3v) is 4.17. The van der Waals surface area contributed by atoms with E-state index in [1.807, 2.05) is 31.2 Å². The van der Waals surface area contributed by atoms with Crippen LogP contribution < -0.4 is 5.32 Å². The Kier molecular flexibility index (Phi) is 4.17. The molecule has 114 valence electrons. The maximum atomic E-state index is 12.5. The summed E-state index contributed by atoms with van der Waals surface area (Å²) in [5.74, 6) is -0.0987. The fourth-order valence-electron chi connectivity index (χ4n) is 2.17. The molecule has 22 heavy (non-hydrogen) atoms. The van der Waals surface area contributed by atoms with E-state index in [2.05, 4.69) is 15.5 Å². The molecule has 1 aromatic carbocycles. The fourth-order valence-corrected chi connectivity index (χ4v) is 2.85. The van der Waals surface area contributed by atoms with Crippen molar-refractivity contribution in [1.82, 2.24) is 10.2 Å². The number of methoxy groups -OCH3 is 1. The van der Waals surface area contributed by atoms with Gasteiger partial charge in [0.05, 0.1) is 6.61 Å². The van der Waals surface area contributed by atoms with Crippen molar-refractivity contribution in [2.45, 2.75) is 20.0 Å². The molecule has 0 aliphatic heterocycles. The summed E-state index contributed by atoms with van der Waals surface area (Å²) < 4.78 is 10.9. The first kappa shape index (κ1) is 14.7. The van der Waals surface area contributed by atoms with E-state index in [4.69, 9.17) is 9.15 Å². The van der Waals surface area contributed by atoms with Crippen LogP contribution in [0.2, 0.25) is 0 Å². The van der Waals surface area contributed by atoms with Gasteiger partial charge in [-0.25, -0.2) is 0 Å². The molecule has 2 aromatic heterocycles. The summed E-state index contributed by atoms with van der Waals surface area (Å²) in [5.41, 5.74) is 1.39. The van der Waals surface area contributed by atoms with E-state index >= 15 is 0 Å². The number of hydrogen-bond acceptors (Lipinski definition) is 6. The zero-order valence-corrected chi connectivity index (χ0v) is 13.1. The van der Waals surface area contributed by atoms with Crippen LogP contribution in [-0.4, -0.2) is 23.2 Å². The average Bonchev–Trinajstić information content (AvgIpc) is 3.12. The molecule has 1 N–H and O–H groups in total. The number of benzene rings is 1. The van der Waals surface area contributed by atoms with Crippen LogP contribution in [0.3, 0.4) is 0 Å². The number of para-hydroxylation sites is 1. The Morgan fingerprint density at radius 2 is 2.18 bits per heavy atom. The molecule has 7 heteroatoms. The second-order valence-electron chi connectivity index (χ2n) is 4.65. The van der Waals surface area contributed by atoms with Gasteiger partial charge in [0.2, 0.25) is 5.13 Å². The number of carbonyl (C=O) groups is 1. The summed E-state index contributed by atoms with van der Waals surface area (Å²) in [6, 6.07) is 7.49. The summed E-state index contributed by atoms with van der Waals surface area (Å²) in [6.45, 7) is 2.29. The summed E-state index contributed by atoms with van der Waals surface area (Å²) >= 11 is 1.35. The predicted molar refractivity (Wildman–Crippen MR) is 84.2 cm³/mol. The highest BCUT2D eigenvalue weighted by molar-refractivity contribution is 7.15. The fraction of sp³-hybridized carbons (Fsp3) is 0.267. The molecular weight excluding hydrogens is 302 g/mol. The molecule has 0 saturated carbocycles. The van der Waals surface area contributed by atoms with E-state index < -0.39 is 0 Å². The lowest BCUT2D eigenvalue weighted by Gasteiger charge is -2.01. The Morgan fingerprint density at radius 3 is 2.91 bits per heavy atom. The topological polar surface area (TPSA) is 77.3 Å². The van der Waals surface area contributed by atoms with Crippen LogP contribution in [0.5, 0.6) is 0 Å². The van der Waals surface area contributed by atoms with Crippen molar-refractivity contribution < 1.29 is 13.9 Å². The molecule has 6 nitrogen and oxygen atoms in total. The number of carbonyl (C=O) groups excluding carboxylic acids is 1. The maximum absolute atomic E-state index is 12.5. The normalized spacial score (nSPS) is 11.0. The van der Waals surface area contributed by atoms with Crippen LogP contribution in [0.4, 0.5) is 5.13 Å². The minimum absolute atomic E-state index is 0.247. The number of aryl methyl sites for hydroxylation is 1. The number of anilines is 1. The van der Waals surface area contributed by atoms with Crippen LogP contribution in [0.1, 0.15) is 28.0 Å². The molecule has 0 aliphatic rings. The van der Waals surface area contributed by atoms with Crippen molar-refractivity contribution in [1.29, 1.82) is 0 Å². The molecule has 0 radical (unpaired) electrons. The quantitative estimate of drug-likeness (QED) is 0.781. The molecule has 1 amide bonds. The Hall–Kier alpha value is -2.25. The van der Waals surface area contributed by atoms with Crippen molar-refractivity contribution >= 4 is 33.3 Å². The van der Waals surface area contributed by atoms with Crippen molar-refractivity contribution in [3.05, 3.63) is 40.6 Å². The molecule has 0 fully saturated rings. The van der Waals surface area contributed by atoms with Gasteiger partial charge in [0, 0.05) is 18.1 Å². The maximum Gasteiger partial charge on any atom is 0.293 e. The molecular formula is C15H15N3O3S. The highest BCUT2D eigenvalue weighted by Crippen LogP contribution is 2.27. The number of fused-ring (bicyclic) bond motifs is 1. The van der Waals surface area contributed by atoms with Crippen LogP contribution >= 0.6 is 11.3 Å². The molecule has 3 aromatic rings. The molecule has 0 saturated heterocycles. The van der Waals surface area contributed by atoms with Gasteiger partial charge in [-0.3, -0.25) is 10.1 Å². The minimum Gasteiger partial charge on any atom is -0.451 e. The number of nitrogens with one attached hydrogen (secondary N) is 1. The number of rotatable bonds is 5. The van der Waals surface area contributed by atoms with Gasteiger partial charge in [-0.15, -0.1) is 10.2 Å². The van der Waals surface area contributed by atoms with Gasteiger partial charge in [0.1, 0.15) is 10.6 Å². The third kappa shape index (κ3) is 2.72. The third-order valence-electron chi connectivity index (χ3n) is 3.18. The number of nitrogens with zero attached hydrogens (tertiary/aromatic N) is 2. The Morgan fingerprint density at radius 1 is 1.36 bits per heavy atom. The highest BCUT2D eigenvalue weighted by Gasteiger charge is 2.21. The molecule has 3 rings (SSSR count). The lowest BCUT2D eigenvalue weighted by atomic mass is 10.1. The van der Waals surface area contributed by atoms with Gasteiger partial charge in [-0.1, -0.05) is 36.5 Å². The largest absolute Gasteiger partial charge is 0.451 e. The summed E-state index contributed by atoms with van der Waals surface area (Å²) in [5, 5.41) is 12.9. The van der Waals surface area contributed by atoms with E-state index in [1.54, 1.807) is 7.11 Å². The van der Waals surface area contributed by atoms with Gasteiger partial charge in [-0.2, -0.15) is 0 Å². The first-order chi connectivity index (χ1) is 10.7. The van der Waals surface area contributed by atoms with Gasteiger partial charge in [-0.05, 0) is 12.5 Å². The SMILES string of the molecule is CCc1nnc(NC(=O)c2oc3ccccc3c2COC)s1. The number of aromatic nitrogens is 2. The average molecular weight is 317 g/mol. The lowest BCUT2D eigenvalue weighted by Crippen LogP contribution is -2.13. The van der Waals surface area contributed by atoms with Crippen molar-refractivity contribution in [2.75, 3.05) is 12.4 Å². The highest BCUT2D eigenvalue weighted by atomic mass is 32.1. The van der Waals surface area contributed by atoms with E-state index in [1.165, 1.54) is 11.3 Å². The summed E-state index contributed by atoms with van der Waals surface area (Å²) in [4.78, 5) is 12.5. The van der Waals surface area contributed by atoms with Gasteiger partial charge < -0.3 is 9.15 Å². The second kappa shape index (κ2) is 6.25. The Labute approximate surface area is 131 Å². The van der Waals surface area contributed by atoms with Crippen LogP contribution in [0, 0.1) is 0 Å². The summed E-state index contributed by atoms with van der Waals surface area (Å²) in [6.07, 6.45) is 0.785. The smallest absolute Gasteiger partial charge is 0.293 e. The van der Waals surface area contributed by atoms with E-state index in [9.17, 15) is 4.79 Å². The van der Waals surface area contributed by atoms with Crippen molar-refractivity contribution in [3.8, 4) is 0 Å². The molecule has 0 unspecified atom stereocenters. The van der Waals surface area contributed by atoms with Crippen molar-refractivity contribution in [3.63, 3.8) is 0 Å². The number of hydrogen-bond donors (Lipinski definition) is 1. The number of amides is 1. The van der Waals surface area contributed by atoms with E-state index in [0.29, 0.717) is 17.3 Å². The molecule has 0 bridgehead atoms. The number of furan rings is 1. The van der Waals surface area contributed by atoms with Crippen LogP contribution in [-0.2, 0) is 17.8 Å². The minimum atomic E-state index is -0.345. The lowest BCUT2D eigenvalue weighted by molar-refractivity contribution is 0.0992. The van der Waals surface area contributed by atoms with Crippen LogP contribution in [0.15, 0.2) is 28.7 Å². The Bertz CT molecular complexity index is 809. The zero-order chi connectivity index (χ0) is 15.5. The standard InChI is InChI=1S/C15H15N3O3S/c1-3-12-17-18-15(22-12)16-14(19)13-10(8-20-2)9-6-4-5-7-11(9)21-13/h4-7H,3,8H2,1-2H3,(H,16,18,19).